The van der Waals surface area contributed by atoms with Crippen LogP contribution in [0, 0.1) is 17.5 Å². The smallest absolute Gasteiger partial charge is 0.206 e. The first-order valence-corrected chi connectivity index (χ1v) is 10.1. The number of hydrogen-bond acceptors (Lipinski definition) is 0. The van der Waals surface area contributed by atoms with Crippen LogP contribution in [0.15, 0.2) is 66.7 Å². The molecule has 0 aliphatic heterocycles. The number of alkyl halides is 3. The van der Waals surface area contributed by atoms with Gasteiger partial charge in [0, 0.05) is 16.5 Å². The SMILES string of the molecule is CCCc1ccc(-c2ccc(-c3ccc4c(F)c(C(F)(F)F)ccc4c3)c(F)c2)c(F)c1. The average molecular weight is 444 g/mol. The van der Waals surface area contributed by atoms with E-state index in [-0.39, 0.29) is 21.9 Å². The molecule has 0 amide bonds. The quantitative estimate of drug-likeness (QED) is 0.277. The van der Waals surface area contributed by atoms with Crippen LogP contribution in [0.3, 0.4) is 0 Å². The molecule has 4 rings (SSSR count). The molecule has 0 saturated heterocycles. The fraction of sp³-hybridized carbons (Fsp3) is 0.154. The van der Waals surface area contributed by atoms with E-state index < -0.39 is 29.2 Å². The molecule has 0 heterocycles. The van der Waals surface area contributed by atoms with Gasteiger partial charge in [-0.05, 0) is 52.8 Å². The van der Waals surface area contributed by atoms with Crippen molar-refractivity contribution >= 4 is 10.8 Å². The third-order valence-electron chi connectivity index (χ3n) is 5.42. The zero-order valence-electron chi connectivity index (χ0n) is 17.0. The summed E-state index contributed by atoms with van der Waals surface area (Å²) in [4.78, 5) is 0. The molecule has 0 aromatic heterocycles. The summed E-state index contributed by atoms with van der Waals surface area (Å²) in [5.41, 5.74) is 0.714. The maximum Gasteiger partial charge on any atom is 0.419 e. The predicted molar refractivity (Wildman–Crippen MR) is 114 cm³/mol. The summed E-state index contributed by atoms with van der Waals surface area (Å²) < 4.78 is 82.5. The monoisotopic (exact) mass is 444 g/mol. The highest BCUT2D eigenvalue weighted by Gasteiger charge is 2.34. The molecule has 0 N–H and O–H groups in total. The lowest BCUT2D eigenvalue weighted by atomic mass is 9.96. The van der Waals surface area contributed by atoms with Crippen molar-refractivity contribution in [1.29, 1.82) is 0 Å². The van der Waals surface area contributed by atoms with Crippen LogP contribution in [0.4, 0.5) is 26.3 Å². The number of benzene rings is 4. The van der Waals surface area contributed by atoms with Gasteiger partial charge in [0.1, 0.15) is 17.5 Å². The summed E-state index contributed by atoms with van der Waals surface area (Å²) in [5.74, 6) is -2.42. The minimum Gasteiger partial charge on any atom is -0.206 e. The van der Waals surface area contributed by atoms with E-state index in [1.54, 1.807) is 18.2 Å². The van der Waals surface area contributed by atoms with Crippen molar-refractivity contribution in [1.82, 2.24) is 0 Å². The van der Waals surface area contributed by atoms with E-state index in [9.17, 15) is 26.3 Å². The molecule has 0 unspecified atom stereocenters. The van der Waals surface area contributed by atoms with E-state index in [1.807, 2.05) is 6.92 Å². The van der Waals surface area contributed by atoms with Gasteiger partial charge in [-0.3, -0.25) is 0 Å². The van der Waals surface area contributed by atoms with Crippen molar-refractivity contribution in [3.8, 4) is 22.3 Å². The second-order valence-electron chi connectivity index (χ2n) is 7.62. The van der Waals surface area contributed by atoms with Gasteiger partial charge < -0.3 is 0 Å². The molecule has 0 spiro atoms. The maximum atomic E-state index is 14.9. The molecule has 4 aromatic carbocycles. The van der Waals surface area contributed by atoms with Crippen LogP contribution in [0.2, 0.25) is 0 Å². The van der Waals surface area contributed by atoms with Crippen LogP contribution in [0.25, 0.3) is 33.0 Å². The molecule has 164 valence electrons. The summed E-state index contributed by atoms with van der Waals surface area (Å²) in [6, 6.07) is 15.0. The highest BCUT2D eigenvalue weighted by molar-refractivity contribution is 5.89. The largest absolute Gasteiger partial charge is 0.419 e. The fourth-order valence-corrected chi connectivity index (χ4v) is 3.83. The second-order valence-corrected chi connectivity index (χ2v) is 7.62. The Morgan fingerprint density at radius 2 is 1.31 bits per heavy atom. The molecule has 0 aliphatic rings. The van der Waals surface area contributed by atoms with Crippen LogP contribution in [-0.4, -0.2) is 0 Å². The highest BCUT2D eigenvalue weighted by atomic mass is 19.4. The minimum atomic E-state index is -4.80. The summed E-state index contributed by atoms with van der Waals surface area (Å²) in [6.07, 6.45) is -3.17. The summed E-state index contributed by atoms with van der Waals surface area (Å²) in [7, 11) is 0. The Bertz CT molecular complexity index is 1300. The van der Waals surface area contributed by atoms with E-state index in [0.717, 1.165) is 24.5 Å². The van der Waals surface area contributed by atoms with E-state index >= 15 is 0 Å². The van der Waals surface area contributed by atoms with Crippen molar-refractivity contribution in [2.45, 2.75) is 25.9 Å². The third kappa shape index (κ3) is 4.09. The molecular formula is C26H18F6. The summed E-state index contributed by atoms with van der Waals surface area (Å²) >= 11 is 0. The van der Waals surface area contributed by atoms with Crippen LogP contribution in [-0.2, 0) is 12.6 Å². The van der Waals surface area contributed by atoms with Gasteiger partial charge in [-0.2, -0.15) is 13.2 Å². The first kappa shape index (κ1) is 21.9. The van der Waals surface area contributed by atoms with Crippen molar-refractivity contribution in [2.24, 2.45) is 0 Å². The Morgan fingerprint density at radius 3 is 1.94 bits per heavy atom. The maximum absolute atomic E-state index is 14.9. The Balaban J connectivity index is 1.72. The first-order valence-electron chi connectivity index (χ1n) is 10.1. The molecule has 0 atom stereocenters. The Kier molecular flexibility index (Phi) is 5.71. The van der Waals surface area contributed by atoms with Gasteiger partial charge in [-0.1, -0.05) is 55.8 Å². The molecule has 0 radical (unpaired) electrons. The van der Waals surface area contributed by atoms with E-state index in [1.165, 1.54) is 36.4 Å². The molecule has 0 aliphatic carbocycles. The van der Waals surface area contributed by atoms with Crippen molar-refractivity contribution in [3.05, 3.63) is 95.3 Å². The van der Waals surface area contributed by atoms with Crippen LogP contribution >= 0.6 is 0 Å². The molecule has 32 heavy (non-hydrogen) atoms. The Morgan fingerprint density at radius 1 is 0.688 bits per heavy atom. The van der Waals surface area contributed by atoms with Gasteiger partial charge in [-0.15, -0.1) is 0 Å². The Labute approximate surface area is 181 Å². The number of fused-ring (bicyclic) bond motifs is 1. The van der Waals surface area contributed by atoms with Gasteiger partial charge in [-0.25, -0.2) is 13.2 Å². The number of hydrogen-bond donors (Lipinski definition) is 0. The van der Waals surface area contributed by atoms with E-state index in [0.29, 0.717) is 17.2 Å². The van der Waals surface area contributed by atoms with Gasteiger partial charge >= 0.3 is 6.18 Å². The molecule has 0 bridgehead atoms. The lowest BCUT2D eigenvalue weighted by molar-refractivity contribution is -0.139. The van der Waals surface area contributed by atoms with Crippen molar-refractivity contribution < 1.29 is 26.3 Å². The van der Waals surface area contributed by atoms with Crippen LogP contribution in [0.5, 0.6) is 0 Å². The lowest BCUT2D eigenvalue weighted by Gasteiger charge is -2.12. The molecule has 0 nitrogen and oxygen atoms in total. The second kappa shape index (κ2) is 8.34. The highest BCUT2D eigenvalue weighted by Crippen LogP contribution is 2.36. The molecule has 4 aromatic rings. The van der Waals surface area contributed by atoms with E-state index in [4.69, 9.17) is 0 Å². The lowest BCUT2D eigenvalue weighted by Crippen LogP contribution is -2.08. The van der Waals surface area contributed by atoms with Gasteiger partial charge in [0.2, 0.25) is 0 Å². The van der Waals surface area contributed by atoms with E-state index in [2.05, 4.69) is 0 Å². The molecule has 0 saturated carbocycles. The number of aryl methyl sites for hydroxylation is 1. The topological polar surface area (TPSA) is 0 Å². The summed E-state index contributed by atoms with van der Waals surface area (Å²) in [5, 5.41) is 0.0175. The first-order chi connectivity index (χ1) is 15.2. The zero-order valence-corrected chi connectivity index (χ0v) is 17.0. The normalized spacial score (nSPS) is 11.8. The number of halogens is 6. The van der Waals surface area contributed by atoms with Crippen LogP contribution in [0.1, 0.15) is 24.5 Å². The number of rotatable bonds is 4. The summed E-state index contributed by atoms with van der Waals surface area (Å²) in [6.45, 7) is 2.00. The van der Waals surface area contributed by atoms with Crippen molar-refractivity contribution in [2.75, 3.05) is 0 Å². The fourth-order valence-electron chi connectivity index (χ4n) is 3.83. The average Bonchev–Trinajstić information content (AvgIpc) is 2.73. The minimum absolute atomic E-state index is 0.180. The molecule has 0 fully saturated rings. The van der Waals surface area contributed by atoms with Gasteiger partial charge in [0.05, 0.1) is 5.56 Å². The van der Waals surface area contributed by atoms with Gasteiger partial charge in [0.15, 0.2) is 0 Å². The Hall–Kier alpha value is -3.28. The standard InChI is InChI=1S/C26H18F6/c1-2-3-15-4-8-19(23(27)12-15)18-5-9-20(24(28)14-18)16-6-10-21-17(13-16)7-11-22(25(21)29)26(30,31)32/h4-14H,2-3H2,1H3. The van der Waals surface area contributed by atoms with Gasteiger partial charge in [0.25, 0.3) is 0 Å². The predicted octanol–water partition coefficient (Wildman–Crippen LogP) is 8.56. The zero-order chi connectivity index (χ0) is 23.0. The third-order valence-corrected chi connectivity index (χ3v) is 5.42. The van der Waals surface area contributed by atoms with Crippen molar-refractivity contribution in [3.63, 3.8) is 0 Å². The molecule has 6 heteroatoms. The van der Waals surface area contributed by atoms with Crippen LogP contribution < -0.4 is 0 Å². The molecular weight excluding hydrogens is 426 g/mol.